The summed E-state index contributed by atoms with van der Waals surface area (Å²) in [4.78, 5) is 0.890. The zero-order valence-electron chi connectivity index (χ0n) is 7.74. The van der Waals surface area contributed by atoms with E-state index in [1.54, 1.807) is 12.1 Å². The summed E-state index contributed by atoms with van der Waals surface area (Å²) in [5.41, 5.74) is 1.91. The van der Waals surface area contributed by atoms with Crippen LogP contribution in [0, 0.1) is 0 Å². The Morgan fingerprint density at radius 1 is 0.867 bits per heavy atom. The van der Waals surface area contributed by atoms with Gasteiger partial charge in [-0.2, -0.15) is 0 Å². The summed E-state index contributed by atoms with van der Waals surface area (Å²) in [7, 11) is 0. The van der Waals surface area contributed by atoms with Gasteiger partial charge < -0.3 is 0 Å². The third-order valence-corrected chi connectivity index (χ3v) is 3.08. The van der Waals surface area contributed by atoms with E-state index in [1.165, 1.54) is 0 Å². The van der Waals surface area contributed by atoms with Crippen LogP contribution >= 0.6 is 35.8 Å². The van der Waals surface area contributed by atoms with Crippen molar-refractivity contribution >= 4 is 35.8 Å². The van der Waals surface area contributed by atoms with Crippen LogP contribution in [0.3, 0.4) is 0 Å². The van der Waals surface area contributed by atoms with Crippen LogP contribution in [-0.2, 0) is 0 Å². The van der Waals surface area contributed by atoms with Crippen molar-refractivity contribution in [3.63, 3.8) is 0 Å². The van der Waals surface area contributed by atoms with E-state index in [-0.39, 0.29) is 0 Å². The van der Waals surface area contributed by atoms with Crippen LogP contribution < -0.4 is 0 Å². The van der Waals surface area contributed by atoms with Gasteiger partial charge in [-0.05, 0) is 29.8 Å². The molecule has 0 fully saturated rings. The van der Waals surface area contributed by atoms with Crippen LogP contribution in [0.15, 0.2) is 47.4 Å². The molecule has 15 heavy (non-hydrogen) atoms. The Morgan fingerprint density at radius 2 is 1.60 bits per heavy atom. The predicted molar refractivity (Wildman–Crippen MR) is 69.2 cm³/mol. The highest BCUT2D eigenvalue weighted by molar-refractivity contribution is 7.80. The van der Waals surface area contributed by atoms with Crippen molar-refractivity contribution in [2.24, 2.45) is 0 Å². The monoisotopic (exact) mass is 254 g/mol. The highest BCUT2D eigenvalue weighted by Crippen LogP contribution is 2.33. The molecule has 0 bridgehead atoms. The second kappa shape index (κ2) is 4.48. The topological polar surface area (TPSA) is 0 Å². The van der Waals surface area contributed by atoms with Gasteiger partial charge in [-0.3, -0.25) is 0 Å². The normalized spacial score (nSPS) is 10.3. The molecule has 0 heterocycles. The Morgan fingerprint density at radius 3 is 2.33 bits per heavy atom. The first-order valence-electron chi connectivity index (χ1n) is 4.42. The molecule has 2 aromatic carbocycles. The molecular weight excluding hydrogens is 247 g/mol. The average Bonchev–Trinajstić information content (AvgIpc) is 2.23. The van der Waals surface area contributed by atoms with E-state index < -0.39 is 0 Å². The van der Waals surface area contributed by atoms with Gasteiger partial charge in [0, 0.05) is 20.5 Å². The zero-order valence-corrected chi connectivity index (χ0v) is 10.2. The zero-order chi connectivity index (χ0) is 10.8. The van der Waals surface area contributed by atoms with Gasteiger partial charge >= 0.3 is 0 Å². The molecule has 0 atom stereocenters. The molecule has 0 N–H and O–H groups in total. The van der Waals surface area contributed by atoms with E-state index >= 15 is 0 Å². The van der Waals surface area contributed by atoms with Crippen LogP contribution in [0.2, 0.25) is 10.0 Å². The molecule has 0 spiro atoms. The van der Waals surface area contributed by atoms with Gasteiger partial charge in [0.25, 0.3) is 0 Å². The van der Waals surface area contributed by atoms with Crippen LogP contribution in [0.5, 0.6) is 0 Å². The van der Waals surface area contributed by atoms with Gasteiger partial charge in [0.05, 0.1) is 0 Å². The summed E-state index contributed by atoms with van der Waals surface area (Å²) >= 11 is 16.4. The van der Waals surface area contributed by atoms with Crippen molar-refractivity contribution < 1.29 is 0 Å². The second-order valence-electron chi connectivity index (χ2n) is 3.14. The quantitative estimate of drug-likeness (QED) is 0.685. The highest BCUT2D eigenvalue weighted by atomic mass is 35.5. The van der Waals surface area contributed by atoms with Gasteiger partial charge in [0.2, 0.25) is 0 Å². The first-order chi connectivity index (χ1) is 7.18. The molecule has 2 aromatic rings. The molecule has 76 valence electrons. The van der Waals surface area contributed by atoms with Crippen molar-refractivity contribution in [3.05, 3.63) is 52.5 Å². The number of benzene rings is 2. The standard InChI is InChI=1S/C12H8Cl2S/c13-8-5-6-11(14)10(7-8)9-3-1-2-4-12(9)15/h1-7,15H. The largest absolute Gasteiger partial charge is 0.143 e. The lowest BCUT2D eigenvalue weighted by molar-refractivity contribution is 1.46. The lowest BCUT2D eigenvalue weighted by Gasteiger charge is -2.07. The Labute approximate surface area is 104 Å². The molecule has 3 heteroatoms. The first-order valence-corrected chi connectivity index (χ1v) is 5.62. The van der Waals surface area contributed by atoms with Crippen molar-refractivity contribution in [3.8, 4) is 11.1 Å². The fraction of sp³-hybridized carbons (Fsp3) is 0. The second-order valence-corrected chi connectivity index (χ2v) is 4.47. The van der Waals surface area contributed by atoms with Crippen LogP contribution in [0.1, 0.15) is 0 Å². The summed E-state index contributed by atoms with van der Waals surface area (Å²) < 4.78 is 0. The van der Waals surface area contributed by atoms with Crippen LogP contribution in [-0.4, -0.2) is 0 Å². The minimum atomic E-state index is 0.672. The van der Waals surface area contributed by atoms with E-state index in [4.69, 9.17) is 23.2 Å². The van der Waals surface area contributed by atoms with Gasteiger partial charge in [0.15, 0.2) is 0 Å². The Bertz CT molecular complexity index is 495. The molecule has 0 aliphatic rings. The summed E-state index contributed by atoms with van der Waals surface area (Å²) in [5, 5.41) is 1.35. The van der Waals surface area contributed by atoms with Gasteiger partial charge in [-0.15, -0.1) is 12.6 Å². The summed E-state index contributed by atoms with van der Waals surface area (Å²) in [5.74, 6) is 0. The maximum absolute atomic E-state index is 6.11. The minimum Gasteiger partial charge on any atom is -0.143 e. The van der Waals surface area contributed by atoms with Crippen molar-refractivity contribution in [1.29, 1.82) is 0 Å². The number of hydrogen-bond donors (Lipinski definition) is 1. The van der Waals surface area contributed by atoms with Gasteiger partial charge in [0.1, 0.15) is 0 Å². The van der Waals surface area contributed by atoms with E-state index in [0.29, 0.717) is 10.0 Å². The maximum Gasteiger partial charge on any atom is 0.0485 e. The number of hydrogen-bond acceptors (Lipinski definition) is 1. The molecule has 2 rings (SSSR count). The molecule has 0 unspecified atom stereocenters. The highest BCUT2D eigenvalue weighted by Gasteiger charge is 2.06. The molecular formula is C12H8Cl2S. The molecule has 0 amide bonds. The maximum atomic E-state index is 6.11. The summed E-state index contributed by atoms with van der Waals surface area (Å²) in [6.07, 6.45) is 0. The third-order valence-electron chi connectivity index (χ3n) is 2.12. The first kappa shape index (κ1) is 10.9. The van der Waals surface area contributed by atoms with Gasteiger partial charge in [-0.1, -0.05) is 41.4 Å². The molecule has 0 nitrogen and oxygen atoms in total. The van der Waals surface area contributed by atoms with Crippen molar-refractivity contribution in [2.45, 2.75) is 4.90 Å². The lowest BCUT2D eigenvalue weighted by atomic mass is 10.1. The van der Waals surface area contributed by atoms with Crippen LogP contribution in [0.25, 0.3) is 11.1 Å². The third kappa shape index (κ3) is 2.31. The molecule has 0 aliphatic carbocycles. The van der Waals surface area contributed by atoms with Crippen LogP contribution in [0.4, 0.5) is 0 Å². The number of halogens is 2. The smallest absolute Gasteiger partial charge is 0.0485 e. The van der Waals surface area contributed by atoms with Gasteiger partial charge in [-0.25, -0.2) is 0 Å². The molecule has 0 aliphatic heterocycles. The number of thiol groups is 1. The Balaban J connectivity index is 2.64. The summed E-state index contributed by atoms with van der Waals surface area (Å²) in [6.45, 7) is 0. The molecule has 0 aromatic heterocycles. The fourth-order valence-electron chi connectivity index (χ4n) is 1.41. The Kier molecular flexibility index (Phi) is 3.25. The summed E-state index contributed by atoms with van der Waals surface area (Å²) in [6, 6.07) is 13.2. The molecule has 0 radical (unpaired) electrons. The fourth-order valence-corrected chi connectivity index (χ4v) is 2.08. The van der Waals surface area contributed by atoms with E-state index in [1.807, 2.05) is 30.3 Å². The average molecular weight is 255 g/mol. The van der Waals surface area contributed by atoms with E-state index in [9.17, 15) is 0 Å². The minimum absolute atomic E-state index is 0.672. The SMILES string of the molecule is Sc1ccccc1-c1cc(Cl)ccc1Cl. The molecule has 0 saturated heterocycles. The van der Waals surface area contributed by atoms with Crippen molar-refractivity contribution in [2.75, 3.05) is 0 Å². The van der Waals surface area contributed by atoms with Crippen molar-refractivity contribution in [1.82, 2.24) is 0 Å². The Hall–Kier alpha value is -0.630. The van der Waals surface area contributed by atoms with E-state index in [0.717, 1.165) is 16.0 Å². The van der Waals surface area contributed by atoms with E-state index in [2.05, 4.69) is 12.6 Å². The lowest BCUT2D eigenvalue weighted by Crippen LogP contribution is -1.81. The molecule has 0 saturated carbocycles. The number of rotatable bonds is 1. The predicted octanol–water partition coefficient (Wildman–Crippen LogP) is 4.95.